The van der Waals surface area contributed by atoms with Gasteiger partial charge in [-0.3, -0.25) is 9.69 Å². The number of benzene rings is 2. The van der Waals surface area contributed by atoms with E-state index in [4.69, 9.17) is 18.9 Å². The summed E-state index contributed by atoms with van der Waals surface area (Å²) in [7, 11) is 1.64. The van der Waals surface area contributed by atoms with Crippen LogP contribution in [-0.4, -0.2) is 61.6 Å². The second-order valence-corrected chi connectivity index (χ2v) is 8.77. The summed E-state index contributed by atoms with van der Waals surface area (Å²) in [5, 5.41) is 9.48. The van der Waals surface area contributed by atoms with Gasteiger partial charge in [-0.15, -0.1) is 0 Å². The Morgan fingerprint density at radius 1 is 0.944 bits per heavy atom. The van der Waals surface area contributed by atoms with Gasteiger partial charge < -0.3 is 24.1 Å². The number of aliphatic hydroxyl groups is 1. The smallest absolute Gasteiger partial charge is 0.323 e. The zero-order valence-corrected chi connectivity index (χ0v) is 22.3. The Kier molecular flexibility index (Phi) is 13.8. The molecular formula is C29H43NO6. The highest BCUT2D eigenvalue weighted by atomic mass is 16.5. The van der Waals surface area contributed by atoms with Gasteiger partial charge in [0, 0.05) is 13.1 Å². The van der Waals surface area contributed by atoms with Gasteiger partial charge in [0.1, 0.15) is 29.4 Å². The van der Waals surface area contributed by atoms with E-state index in [0.29, 0.717) is 32.7 Å². The zero-order chi connectivity index (χ0) is 26.2. The minimum Gasteiger partial charge on any atom is -0.497 e. The maximum absolute atomic E-state index is 12.9. The van der Waals surface area contributed by atoms with Crippen LogP contribution < -0.4 is 14.2 Å². The molecule has 0 saturated heterocycles. The van der Waals surface area contributed by atoms with Crippen LogP contribution in [0, 0.1) is 0 Å². The standard InChI is InChI=1S/C29H43NO6/c1-5-8-18-35-29(32)28(7-3)30(17-10-19-34-26-15-13-25(33-4)14-16-26)21-23-11-9-12-27(20-23)36-24(6-2)22-31/h9,11-16,20,24,28,31H,5-8,10,17-19,21-22H2,1-4H3/t24-,28-/m1/s1. The van der Waals surface area contributed by atoms with Crippen molar-refractivity contribution in [3.05, 3.63) is 54.1 Å². The Morgan fingerprint density at radius 3 is 2.33 bits per heavy atom. The lowest BCUT2D eigenvalue weighted by Crippen LogP contribution is -2.42. The summed E-state index contributed by atoms with van der Waals surface area (Å²) in [6.07, 6.45) is 3.74. The van der Waals surface area contributed by atoms with Gasteiger partial charge in [-0.1, -0.05) is 39.3 Å². The average Bonchev–Trinajstić information content (AvgIpc) is 2.90. The summed E-state index contributed by atoms with van der Waals surface area (Å²) < 4.78 is 22.6. The van der Waals surface area contributed by atoms with Gasteiger partial charge in [0.05, 0.1) is 26.9 Å². The lowest BCUT2D eigenvalue weighted by atomic mass is 10.1. The van der Waals surface area contributed by atoms with Crippen molar-refractivity contribution in [2.45, 2.75) is 71.6 Å². The number of carbonyl (C=O) groups is 1. The van der Waals surface area contributed by atoms with Crippen molar-refractivity contribution in [3.63, 3.8) is 0 Å². The van der Waals surface area contributed by atoms with Crippen molar-refractivity contribution in [2.24, 2.45) is 0 Å². The van der Waals surface area contributed by atoms with E-state index in [0.717, 1.165) is 48.5 Å². The Labute approximate surface area is 216 Å². The topological polar surface area (TPSA) is 77.5 Å². The van der Waals surface area contributed by atoms with Gasteiger partial charge in [-0.2, -0.15) is 0 Å². The Hall–Kier alpha value is -2.77. The molecule has 2 aromatic carbocycles. The number of aliphatic hydroxyl groups excluding tert-OH is 1. The highest BCUT2D eigenvalue weighted by Crippen LogP contribution is 2.21. The fourth-order valence-corrected chi connectivity index (χ4v) is 3.86. The summed E-state index contributed by atoms with van der Waals surface area (Å²) in [6.45, 7) is 8.28. The Morgan fingerprint density at radius 2 is 1.69 bits per heavy atom. The number of rotatable bonds is 18. The first-order valence-corrected chi connectivity index (χ1v) is 13.1. The van der Waals surface area contributed by atoms with Crippen LogP contribution in [0.4, 0.5) is 0 Å². The molecule has 0 radical (unpaired) electrons. The lowest BCUT2D eigenvalue weighted by molar-refractivity contribution is -0.150. The largest absolute Gasteiger partial charge is 0.497 e. The quantitative estimate of drug-likeness (QED) is 0.221. The van der Waals surface area contributed by atoms with Gasteiger partial charge in [-0.05, 0) is 67.6 Å². The first kappa shape index (κ1) is 29.5. The average molecular weight is 502 g/mol. The molecule has 7 heteroatoms. The van der Waals surface area contributed by atoms with E-state index in [-0.39, 0.29) is 24.7 Å². The third kappa shape index (κ3) is 10.1. The van der Waals surface area contributed by atoms with Crippen LogP contribution in [0.25, 0.3) is 0 Å². The predicted molar refractivity (Wildman–Crippen MR) is 142 cm³/mol. The highest BCUT2D eigenvalue weighted by molar-refractivity contribution is 5.75. The monoisotopic (exact) mass is 501 g/mol. The van der Waals surface area contributed by atoms with Crippen LogP contribution in [-0.2, 0) is 16.1 Å². The van der Waals surface area contributed by atoms with Crippen LogP contribution in [0.1, 0.15) is 58.4 Å². The number of carbonyl (C=O) groups excluding carboxylic acids is 1. The molecule has 0 bridgehead atoms. The molecule has 0 aliphatic rings. The van der Waals surface area contributed by atoms with Gasteiger partial charge in [0.15, 0.2) is 0 Å². The summed E-state index contributed by atoms with van der Waals surface area (Å²) >= 11 is 0. The molecule has 0 aromatic heterocycles. The molecule has 0 amide bonds. The number of ether oxygens (including phenoxy) is 4. The second-order valence-electron chi connectivity index (χ2n) is 8.77. The maximum atomic E-state index is 12.9. The fourth-order valence-electron chi connectivity index (χ4n) is 3.86. The molecule has 0 aliphatic carbocycles. The van der Waals surface area contributed by atoms with Crippen LogP contribution in [0.3, 0.4) is 0 Å². The first-order valence-electron chi connectivity index (χ1n) is 13.1. The van der Waals surface area contributed by atoms with Gasteiger partial charge in [0.2, 0.25) is 0 Å². The van der Waals surface area contributed by atoms with E-state index in [9.17, 15) is 9.90 Å². The van der Waals surface area contributed by atoms with E-state index >= 15 is 0 Å². The molecule has 0 saturated carbocycles. The molecule has 0 aliphatic heterocycles. The molecule has 0 fully saturated rings. The normalized spacial score (nSPS) is 12.7. The van der Waals surface area contributed by atoms with E-state index in [1.807, 2.05) is 62.4 Å². The first-order chi connectivity index (χ1) is 17.5. The molecule has 200 valence electrons. The molecule has 1 N–H and O–H groups in total. The summed E-state index contributed by atoms with van der Waals surface area (Å²) in [5.41, 5.74) is 1.04. The fraction of sp³-hybridized carbons (Fsp3) is 0.552. The molecule has 0 heterocycles. The van der Waals surface area contributed by atoms with Crippen LogP contribution in [0.5, 0.6) is 17.2 Å². The number of nitrogens with zero attached hydrogens (tertiary/aromatic N) is 1. The minimum absolute atomic E-state index is 0.0252. The third-order valence-corrected chi connectivity index (χ3v) is 6.01. The lowest BCUT2D eigenvalue weighted by Gasteiger charge is -2.30. The Balaban J connectivity index is 2.07. The summed E-state index contributed by atoms with van der Waals surface area (Å²) in [6, 6.07) is 15.0. The van der Waals surface area contributed by atoms with Crippen LogP contribution >= 0.6 is 0 Å². The second kappa shape index (κ2) is 16.8. The minimum atomic E-state index is -0.340. The van der Waals surface area contributed by atoms with E-state index in [1.54, 1.807) is 7.11 Å². The predicted octanol–water partition coefficient (Wildman–Crippen LogP) is 5.24. The van der Waals surface area contributed by atoms with Crippen molar-refractivity contribution >= 4 is 5.97 Å². The zero-order valence-electron chi connectivity index (χ0n) is 22.3. The van der Waals surface area contributed by atoms with E-state index in [2.05, 4.69) is 11.8 Å². The summed E-state index contributed by atoms with van der Waals surface area (Å²) in [4.78, 5) is 15.1. The Bertz CT molecular complexity index is 868. The van der Waals surface area contributed by atoms with Crippen molar-refractivity contribution in [1.82, 2.24) is 4.90 Å². The van der Waals surface area contributed by atoms with Crippen molar-refractivity contribution in [3.8, 4) is 17.2 Å². The van der Waals surface area contributed by atoms with E-state index < -0.39 is 0 Å². The van der Waals surface area contributed by atoms with E-state index in [1.165, 1.54) is 0 Å². The van der Waals surface area contributed by atoms with Gasteiger partial charge in [-0.25, -0.2) is 0 Å². The van der Waals surface area contributed by atoms with Crippen molar-refractivity contribution < 1.29 is 28.8 Å². The number of esters is 1. The highest BCUT2D eigenvalue weighted by Gasteiger charge is 2.26. The molecule has 2 atom stereocenters. The number of methoxy groups -OCH3 is 1. The molecule has 2 aromatic rings. The molecule has 36 heavy (non-hydrogen) atoms. The number of unbranched alkanes of at least 4 members (excludes halogenated alkanes) is 1. The van der Waals surface area contributed by atoms with Gasteiger partial charge in [0.25, 0.3) is 0 Å². The SMILES string of the molecule is CCCCOC(=O)[C@@H](CC)N(CCCOc1ccc(OC)cc1)Cc1cccc(O[C@H](CC)CO)c1. The third-order valence-electron chi connectivity index (χ3n) is 6.01. The maximum Gasteiger partial charge on any atom is 0.323 e. The number of hydrogen-bond donors (Lipinski definition) is 1. The van der Waals surface area contributed by atoms with Crippen molar-refractivity contribution in [1.29, 1.82) is 0 Å². The molecule has 7 nitrogen and oxygen atoms in total. The molecule has 2 rings (SSSR count). The number of hydrogen-bond acceptors (Lipinski definition) is 7. The molecular weight excluding hydrogens is 458 g/mol. The molecule has 0 unspecified atom stereocenters. The van der Waals surface area contributed by atoms with Crippen LogP contribution in [0.15, 0.2) is 48.5 Å². The van der Waals surface area contributed by atoms with Gasteiger partial charge >= 0.3 is 5.97 Å². The van der Waals surface area contributed by atoms with Crippen molar-refractivity contribution in [2.75, 3.05) is 33.5 Å². The van der Waals surface area contributed by atoms with Crippen LogP contribution in [0.2, 0.25) is 0 Å². The molecule has 0 spiro atoms. The summed E-state index contributed by atoms with van der Waals surface area (Å²) in [5.74, 6) is 2.11.